The Kier molecular flexibility index (Phi) is 2.68. The number of imidazole rings is 1. The molecule has 104 valence electrons. The fraction of sp³-hybridized carbons (Fsp3) is 0.0769. The maximum atomic E-state index is 4.48. The van der Waals surface area contributed by atoms with Gasteiger partial charge in [0.1, 0.15) is 5.00 Å². The van der Waals surface area contributed by atoms with Gasteiger partial charge in [-0.1, -0.05) is 0 Å². The van der Waals surface area contributed by atoms with E-state index >= 15 is 0 Å². The lowest BCUT2D eigenvalue weighted by Gasteiger charge is -2.04. The third kappa shape index (κ3) is 2.05. The highest BCUT2D eigenvalue weighted by molar-refractivity contribution is 7.10. The van der Waals surface area contributed by atoms with E-state index in [2.05, 4.69) is 24.8 Å². The van der Waals surface area contributed by atoms with E-state index in [0.717, 1.165) is 21.9 Å². The summed E-state index contributed by atoms with van der Waals surface area (Å²) in [5, 5.41) is 7.29. The van der Waals surface area contributed by atoms with Crippen LogP contribution in [-0.2, 0) is 7.05 Å². The minimum absolute atomic E-state index is 0.716. The monoisotopic (exact) mass is 298 g/mol. The van der Waals surface area contributed by atoms with Gasteiger partial charge >= 0.3 is 0 Å². The Labute approximate surface area is 124 Å². The van der Waals surface area contributed by atoms with Crippen molar-refractivity contribution < 1.29 is 4.68 Å². The van der Waals surface area contributed by atoms with Gasteiger partial charge in [0.2, 0.25) is 6.20 Å². The first-order chi connectivity index (χ1) is 10.3. The van der Waals surface area contributed by atoms with Crippen LogP contribution in [0, 0.1) is 0 Å². The molecule has 0 aliphatic heterocycles. The van der Waals surface area contributed by atoms with Crippen LogP contribution in [0.4, 0.5) is 10.8 Å². The van der Waals surface area contributed by atoms with E-state index in [1.54, 1.807) is 12.4 Å². The minimum atomic E-state index is 0.716. The number of aryl methyl sites for hydroxylation is 1. The van der Waals surface area contributed by atoms with Gasteiger partial charge in [0.15, 0.2) is 18.5 Å². The maximum Gasteiger partial charge on any atom is 0.204 e. The van der Waals surface area contributed by atoms with Gasteiger partial charge in [0.05, 0.1) is 23.7 Å². The minimum Gasteiger partial charge on any atom is -0.328 e. The topological polar surface area (TPSA) is 74.8 Å². The first-order valence-corrected chi connectivity index (χ1v) is 7.13. The number of aromatic nitrogens is 6. The molecule has 0 unspecified atom stereocenters. The Morgan fingerprint density at radius 3 is 3.05 bits per heavy atom. The van der Waals surface area contributed by atoms with Gasteiger partial charge in [0, 0.05) is 18.6 Å². The molecule has 0 bridgehead atoms. The summed E-state index contributed by atoms with van der Waals surface area (Å²) in [6, 6.07) is 1.91. The molecule has 4 rings (SSSR count). The Morgan fingerprint density at radius 2 is 2.29 bits per heavy atom. The van der Waals surface area contributed by atoms with Crippen molar-refractivity contribution in [1.29, 1.82) is 0 Å². The molecule has 0 amide bonds. The largest absolute Gasteiger partial charge is 0.328 e. The summed E-state index contributed by atoms with van der Waals surface area (Å²) in [7, 11) is 1.95. The number of H-pyrrole nitrogens is 1. The highest BCUT2D eigenvalue weighted by Gasteiger charge is 2.13. The zero-order valence-corrected chi connectivity index (χ0v) is 12.0. The van der Waals surface area contributed by atoms with Crippen molar-refractivity contribution in [3.8, 4) is 11.3 Å². The summed E-state index contributed by atoms with van der Waals surface area (Å²) in [5.41, 5.74) is 2.86. The van der Waals surface area contributed by atoms with Crippen molar-refractivity contribution in [1.82, 2.24) is 23.8 Å². The van der Waals surface area contributed by atoms with Crippen LogP contribution in [-0.4, -0.2) is 23.8 Å². The molecule has 0 aliphatic carbocycles. The van der Waals surface area contributed by atoms with E-state index in [-0.39, 0.29) is 0 Å². The molecule has 8 heteroatoms. The van der Waals surface area contributed by atoms with Gasteiger partial charge in [-0.05, 0) is 17.6 Å². The molecule has 0 radical (unpaired) electrons. The van der Waals surface area contributed by atoms with Crippen molar-refractivity contribution in [2.45, 2.75) is 0 Å². The average molecular weight is 298 g/mol. The van der Waals surface area contributed by atoms with E-state index in [1.807, 2.05) is 47.0 Å². The number of hydrogen-bond donors (Lipinski definition) is 2. The number of hydrogen-bond acceptors (Lipinski definition) is 5. The molecule has 0 saturated carbocycles. The number of aromatic amines is 1. The maximum absolute atomic E-state index is 4.48. The molecule has 2 N–H and O–H groups in total. The lowest BCUT2D eigenvalue weighted by Crippen LogP contribution is -2.27. The Bertz CT molecular complexity index is 890. The van der Waals surface area contributed by atoms with E-state index in [0.29, 0.717) is 5.82 Å². The predicted octanol–water partition coefficient (Wildman–Crippen LogP) is 1.75. The van der Waals surface area contributed by atoms with Crippen molar-refractivity contribution in [2.75, 3.05) is 5.32 Å². The first kappa shape index (κ1) is 12.0. The van der Waals surface area contributed by atoms with Gasteiger partial charge in [-0.2, -0.15) is 9.47 Å². The molecule has 0 atom stereocenters. The van der Waals surface area contributed by atoms with Crippen LogP contribution in [0.5, 0.6) is 0 Å². The second-order valence-corrected chi connectivity index (χ2v) is 5.42. The first-order valence-electron chi connectivity index (χ1n) is 6.35. The summed E-state index contributed by atoms with van der Waals surface area (Å²) in [6.45, 7) is 0. The Morgan fingerprint density at radius 1 is 1.33 bits per heavy atom. The zero-order chi connectivity index (χ0) is 14.2. The van der Waals surface area contributed by atoms with Crippen LogP contribution in [0.1, 0.15) is 0 Å². The number of nitrogens with one attached hydrogen (secondary N) is 2. The van der Waals surface area contributed by atoms with Crippen LogP contribution in [0.25, 0.3) is 16.9 Å². The van der Waals surface area contributed by atoms with Crippen molar-refractivity contribution >= 4 is 28.0 Å². The quantitative estimate of drug-likeness (QED) is 0.565. The molecule has 0 fully saturated rings. The molecule has 7 nitrogen and oxygen atoms in total. The SMILES string of the molecule is C[n+]1cc(-c2cnc3c(Nc4ccns4)nccn23)c[nH]1. The molecule has 21 heavy (non-hydrogen) atoms. The molecular formula is C13H12N7S+. The van der Waals surface area contributed by atoms with Gasteiger partial charge in [0.25, 0.3) is 0 Å². The highest BCUT2D eigenvalue weighted by Crippen LogP contribution is 2.25. The second-order valence-electron chi connectivity index (χ2n) is 4.58. The van der Waals surface area contributed by atoms with Gasteiger partial charge < -0.3 is 5.32 Å². The fourth-order valence-electron chi connectivity index (χ4n) is 2.21. The van der Waals surface area contributed by atoms with E-state index in [9.17, 15) is 0 Å². The summed E-state index contributed by atoms with van der Waals surface area (Å²) in [5.74, 6) is 0.716. The third-order valence-electron chi connectivity index (χ3n) is 3.16. The number of rotatable bonds is 3. The van der Waals surface area contributed by atoms with Crippen LogP contribution in [0.2, 0.25) is 0 Å². The normalized spacial score (nSPS) is 11.1. The van der Waals surface area contributed by atoms with Crippen LogP contribution < -0.4 is 10.00 Å². The van der Waals surface area contributed by atoms with Crippen molar-refractivity contribution in [2.24, 2.45) is 7.05 Å². The lowest BCUT2D eigenvalue weighted by molar-refractivity contribution is -0.726. The molecule has 0 spiro atoms. The number of anilines is 2. The number of fused-ring (bicyclic) bond motifs is 1. The van der Waals surface area contributed by atoms with Crippen molar-refractivity contribution in [3.05, 3.63) is 43.2 Å². The van der Waals surface area contributed by atoms with E-state index in [4.69, 9.17) is 0 Å². The Balaban J connectivity index is 1.82. The molecule has 4 aromatic rings. The summed E-state index contributed by atoms with van der Waals surface area (Å²) >= 11 is 1.39. The fourth-order valence-corrected chi connectivity index (χ4v) is 2.71. The van der Waals surface area contributed by atoms with Crippen LogP contribution in [0.3, 0.4) is 0 Å². The summed E-state index contributed by atoms with van der Waals surface area (Å²) < 4.78 is 7.98. The van der Waals surface area contributed by atoms with Gasteiger partial charge in [-0.3, -0.25) is 4.40 Å². The number of nitrogens with zero attached hydrogens (tertiary/aromatic N) is 5. The molecular weight excluding hydrogens is 286 g/mol. The molecule has 4 heterocycles. The molecule has 0 aromatic carbocycles. The van der Waals surface area contributed by atoms with Crippen LogP contribution in [0.15, 0.2) is 43.2 Å². The molecule has 4 aromatic heterocycles. The van der Waals surface area contributed by atoms with E-state index in [1.165, 1.54) is 11.5 Å². The zero-order valence-electron chi connectivity index (χ0n) is 11.2. The average Bonchev–Trinajstić information content (AvgIpc) is 3.18. The Hall–Kier alpha value is -2.74. The highest BCUT2D eigenvalue weighted by atomic mass is 32.1. The predicted molar refractivity (Wildman–Crippen MR) is 79.3 cm³/mol. The van der Waals surface area contributed by atoms with Gasteiger partial charge in [-0.15, -0.1) is 4.68 Å². The molecule has 0 saturated heterocycles. The third-order valence-corrected chi connectivity index (χ3v) is 3.82. The second kappa shape index (κ2) is 4.67. The van der Waals surface area contributed by atoms with E-state index < -0.39 is 0 Å². The lowest BCUT2D eigenvalue weighted by atomic mass is 10.3. The van der Waals surface area contributed by atoms with Crippen LogP contribution >= 0.6 is 11.5 Å². The summed E-state index contributed by atoms with van der Waals surface area (Å²) in [6.07, 6.45) is 11.2. The standard InChI is InChI=1S/C13H11N7S/c1-19-8-9(6-16-19)10-7-15-13-12(14-4-5-20(10)13)18-11-2-3-17-21-11/h2-8H,1H3,(H,14,17,18)/p+1. The molecule has 0 aliphatic rings. The van der Waals surface area contributed by atoms with Crippen molar-refractivity contribution in [3.63, 3.8) is 0 Å². The van der Waals surface area contributed by atoms with Gasteiger partial charge in [-0.25, -0.2) is 9.97 Å². The smallest absolute Gasteiger partial charge is 0.204 e. The summed E-state index contributed by atoms with van der Waals surface area (Å²) in [4.78, 5) is 8.85.